The van der Waals surface area contributed by atoms with Crippen LogP contribution >= 0.6 is 15.9 Å². The molecule has 0 unspecified atom stereocenters. The van der Waals surface area contributed by atoms with Gasteiger partial charge in [-0.05, 0) is 39.0 Å². The molecule has 106 valence electrons. The molecule has 5 heteroatoms. The number of benzene rings is 1. The fourth-order valence-electron chi connectivity index (χ4n) is 1.45. The Hall–Kier alpha value is -1.07. The summed E-state index contributed by atoms with van der Waals surface area (Å²) in [5.74, 6) is 0.424. The van der Waals surface area contributed by atoms with E-state index < -0.39 is 0 Å². The van der Waals surface area contributed by atoms with Crippen LogP contribution in [0.15, 0.2) is 22.7 Å². The SMILES string of the molecule is CC(C)(C)NCc1cc(Br)ccc1OCCC(N)=O. The monoisotopic (exact) mass is 328 g/mol. The van der Waals surface area contributed by atoms with E-state index in [1.54, 1.807) is 0 Å². The Morgan fingerprint density at radius 3 is 2.68 bits per heavy atom. The molecule has 0 atom stereocenters. The van der Waals surface area contributed by atoms with Gasteiger partial charge in [0.05, 0.1) is 13.0 Å². The van der Waals surface area contributed by atoms with Crippen LogP contribution in [0, 0.1) is 0 Å². The van der Waals surface area contributed by atoms with Crippen LogP contribution in [-0.4, -0.2) is 18.1 Å². The van der Waals surface area contributed by atoms with Gasteiger partial charge in [0.1, 0.15) is 5.75 Å². The number of nitrogens with one attached hydrogen (secondary N) is 1. The number of carbonyl (C=O) groups excluding carboxylic acids is 1. The lowest BCUT2D eigenvalue weighted by atomic mass is 10.1. The highest BCUT2D eigenvalue weighted by molar-refractivity contribution is 9.10. The van der Waals surface area contributed by atoms with Crippen LogP contribution in [0.4, 0.5) is 0 Å². The summed E-state index contributed by atoms with van der Waals surface area (Å²) in [5, 5.41) is 3.41. The third kappa shape index (κ3) is 6.59. The minimum atomic E-state index is -0.355. The summed E-state index contributed by atoms with van der Waals surface area (Å²) < 4.78 is 6.61. The van der Waals surface area contributed by atoms with Crippen molar-refractivity contribution in [3.05, 3.63) is 28.2 Å². The molecule has 0 radical (unpaired) electrons. The maximum atomic E-state index is 10.7. The van der Waals surface area contributed by atoms with Crippen molar-refractivity contribution in [3.8, 4) is 5.75 Å². The molecule has 0 saturated heterocycles. The second-order valence-electron chi connectivity index (χ2n) is 5.42. The van der Waals surface area contributed by atoms with E-state index in [9.17, 15) is 4.79 Å². The normalized spacial score (nSPS) is 11.4. The van der Waals surface area contributed by atoms with Gasteiger partial charge in [-0.25, -0.2) is 0 Å². The summed E-state index contributed by atoms with van der Waals surface area (Å²) in [6, 6.07) is 5.82. The molecule has 4 nitrogen and oxygen atoms in total. The minimum absolute atomic E-state index is 0.0345. The number of ether oxygens (including phenoxy) is 1. The first-order valence-corrected chi connectivity index (χ1v) is 7.02. The Kier molecular flexibility index (Phi) is 5.82. The van der Waals surface area contributed by atoms with Gasteiger partial charge in [0.15, 0.2) is 0 Å². The minimum Gasteiger partial charge on any atom is -0.493 e. The van der Waals surface area contributed by atoms with Gasteiger partial charge in [-0.3, -0.25) is 4.79 Å². The molecule has 19 heavy (non-hydrogen) atoms. The average molecular weight is 329 g/mol. The third-order valence-electron chi connectivity index (χ3n) is 2.44. The predicted octanol–water partition coefficient (Wildman–Crippen LogP) is 2.59. The molecule has 0 bridgehead atoms. The maximum Gasteiger partial charge on any atom is 0.220 e. The highest BCUT2D eigenvalue weighted by atomic mass is 79.9. The van der Waals surface area contributed by atoms with Crippen LogP contribution in [0.25, 0.3) is 0 Å². The highest BCUT2D eigenvalue weighted by Gasteiger charge is 2.11. The van der Waals surface area contributed by atoms with Gasteiger partial charge in [-0.2, -0.15) is 0 Å². The van der Waals surface area contributed by atoms with Crippen molar-refractivity contribution < 1.29 is 9.53 Å². The van der Waals surface area contributed by atoms with Crippen LogP contribution < -0.4 is 15.8 Å². The van der Waals surface area contributed by atoms with Crippen molar-refractivity contribution in [2.24, 2.45) is 5.73 Å². The molecule has 1 aromatic carbocycles. The first-order valence-electron chi connectivity index (χ1n) is 6.22. The molecule has 0 spiro atoms. The van der Waals surface area contributed by atoms with Crippen molar-refractivity contribution in [3.63, 3.8) is 0 Å². The second kappa shape index (κ2) is 6.91. The summed E-state index contributed by atoms with van der Waals surface area (Å²) in [6.45, 7) is 7.34. The Morgan fingerprint density at radius 1 is 1.42 bits per heavy atom. The van der Waals surface area contributed by atoms with Crippen LogP contribution in [0.1, 0.15) is 32.8 Å². The molecule has 0 aliphatic rings. The fraction of sp³-hybridized carbons (Fsp3) is 0.500. The Morgan fingerprint density at radius 2 is 2.11 bits per heavy atom. The molecular formula is C14H21BrN2O2. The van der Waals surface area contributed by atoms with Crippen molar-refractivity contribution in [2.75, 3.05) is 6.61 Å². The quantitative estimate of drug-likeness (QED) is 0.843. The van der Waals surface area contributed by atoms with Gasteiger partial charge < -0.3 is 15.8 Å². The van der Waals surface area contributed by atoms with Crippen molar-refractivity contribution in [2.45, 2.75) is 39.3 Å². The number of halogens is 1. The van der Waals surface area contributed by atoms with Crippen molar-refractivity contribution in [1.82, 2.24) is 5.32 Å². The largest absolute Gasteiger partial charge is 0.493 e. The van der Waals surface area contributed by atoms with Gasteiger partial charge in [0.25, 0.3) is 0 Å². The molecular weight excluding hydrogens is 308 g/mol. The zero-order valence-electron chi connectivity index (χ0n) is 11.6. The van der Waals surface area contributed by atoms with E-state index in [0.29, 0.717) is 13.2 Å². The van der Waals surface area contributed by atoms with E-state index in [-0.39, 0.29) is 17.9 Å². The van der Waals surface area contributed by atoms with Gasteiger partial charge in [0, 0.05) is 22.1 Å². The summed E-state index contributed by atoms with van der Waals surface area (Å²) in [5.41, 5.74) is 6.18. The Balaban J connectivity index is 2.71. The molecule has 1 amide bonds. The number of primary amides is 1. The molecule has 1 aromatic rings. The van der Waals surface area contributed by atoms with Crippen molar-refractivity contribution in [1.29, 1.82) is 0 Å². The van der Waals surface area contributed by atoms with Gasteiger partial charge in [-0.1, -0.05) is 15.9 Å². The summed E-state index contributed by atoms with van der Waals surface area (Å²) in [4.78, 5) is 10.7. The molecule has 0 aromatic heterocycles. The van der Waals surface area contributed by atoms with E-state index in [2.05, 4.69) is 42.0 Å². The van der Waals surface area contributed by atoms with E-state index in [4.69, 9.17) is 10.5 Å². The second-order valence-corrected chi connectivity index (χ2v) is 6.34. The smallest absolute Gasteiger partial charge is 0.220 e. The summed E-state index contributed by atoms with van der Waals surface area (Å²) >= 11 is 3.45. The van der Waals surface area contributed by atoms with E-state index in [1.165, 1.54) is 0 Å². The number of rotatable bonds is 6. The summed E-state index contributed by atoms with van der Waals surface area (Å²) in [7, 11) is 0. The standard InChI is InChI=1S/C14H21BrN2O2/c1-14(2,3)17-9-10-8-11(15)4-5-12(10)19-7-6-13(16)18/h4-5,8,17H,6-7,9H2,1-3H3,(H2,16,18). The number of carbonyl (C=O) groups is 1. The topological polar surface area (TPSA) is 64.3 Å². The van der Waals surface area contributed by atoms with Crippen molar-refractivity contribution >= 4 is 21.8 Å². The predicted molar refractivity (Wildman–Crippen MR) is 80.0 cm³/mol. The number of nitrogens with two attached hydrogens (primary N) is 1. The number of hydrogen-bond acceptors (Lipinski definition) is 3. The number of amides is 1. The zero-order chi connectivity index (χ0) is 14.5. The van der Waals surface area contributed by atoms with Crippen LogP contribution in [-0.2, 0) is 11.3 Å². The lowest BCUT2D eigenvalue weighted by Gasteiger charge is -2.21. The average Bonchev–Trinajstić information content (AvgIpc) is 2.27. The number of hydrogen-bond donors (Lipinski definition) is 2. The Labute approximate surface area is 122 Å². The van der Waals surface area contributed by atoms with E-state index >= 15 is 0 Å². The van der Waals surface area contributed by atoms with Gasteiger partial charge in [-0.15, -0.1) is 0 Å². The lowest BCUT2D eigenvalue weighted by Crippen LogP contribution is -2.35. The summed E-state index contributed by atoms with van der Waals surface area (Å²) in [6.07, 6.45) is 0.224. The maximum absolute atomic E-state index is 10.7. The van der Waals surface area contributed by atoms with E-state index in [1.807, 2.05) is 18.2 Å². The van der Waals surface area contributed by atoms with Gasteiger partial charge in [0.2, 0.25) is 5.91 Å². The molecule has 0 aliphatic heterocycles. The molecule has 0 fully saturated rings. The van der Waals surface area contributed by atoms with Gasteiger partial charge >= 0.3 is 0 Å². The highest BCUT2D eigenvalue weighted by Crippen LogP contribution is 2.24. The molecule has 3 N–H and O–H groups in total. The molecule has 0 saturated carbocycles. The van der Waals surface area contributed by atoms with Crippen LogP contribution in [0.2, 0.25) is 0 Å². The third-order valence-corrected chi connectivity index (χ3v) is 2.93. The van der Waals surface area contributed by atoms with E-state index in [0.717, 1.165) is 15.8 Å². The lowest BCUT2D eigenvalue weighted by molar-refractivity contribution is -0.118. The molecule has 0 heterocycles. The Bertz CT molecular complexity index is 442. The molecule has 1 rings (SSSR count). The van der Waals surface area contributed by atoms with Crippen LogP contribution in [0.5, 0.6) is 5.75 Å². The fourth-order valence-corrected chi connectivity index (χ4v) is 1.86. The first kappa shape index (κ1) is 16.0. The zero-order valence-corrected chi connectivity index (χ0v) is 13.2. The first-order chi connectivity index (χ1) is 8.78. The van der Waals surface area contributed by atoms with Crippen LogP contribution in [0.3, 0.4) is 0 Å². The molecule has 0 aliphatic carbocycles.